The van der Waals surface area contributed by atoms with E-state index in [1.54, 1.807) is 6.07 Å². The number of nitriles is 1. The molecule has 1 atom stereocenters. The molecule has 1 unspecified atom stereocenters. The van der Waals surface area contributed by atoms with Gasteiger partial charge < -0.3 is 5.11 Å². The highest BCUT2D eigenvalue weighted by Crippen LogP contribution is 2.28. The maximum absolute atomic E-state index is 12.1. The number of aliphatic hydroxyl groups excluding tert-OH is 1. The summed E-state index contributed by atoms with van der Waals surface area (Å²) < 4.78 is 1.52. The molecule has 102 valence electrons. The smallest absolute Gasteiger partial charge is 0.228 e. The van der Waals surface area contributed by atoms with Gasteiger partial charge in [0.2, 0.25) is 5.91 Å². The van der Waals surface area contributed by atoms with Crippen LogP contribution in [-0.2, 0) is 4.79 Å². The molecule has 20 heavy (non-hydrogen) atoms. The number of carbonyl (C=O) groups excluding carboxylic acids is 1. The van der Waals surface area contributed by atoms with Crippen LogP contribution >= 0.6 is 0 Å². The Labute approximate surface area is 115 Å². The standard InChI is InChI=1S/C13H13N5O2/c1-8-2-11-15-5-10(4-14)13(18(11)16-8)17-6-9(7-19)3-12(17)20/h2,5,9,19H,3,6-7H2,1H3. The number of amides is 1. The van der Waals surface area contributed by atoms with Crippen LogP contribution in [0.1, 0.15) is 17.7 Å². The van der Waals surface area contributed by atoms with Gasteiger partial charge in [-0.3, -0.25) is 9.69 Å². The van der Waals surface area contributed by atoms with E-state index in [-0.39, 0.29) is 24.9 Å². The van der Waals surface area contributed by atoms with Crippen molar-refractivity contribution in [2.24, 2.45) is 5.92 Å². The van der Waals surface area contributed by atoms with Gasteiger partial charge >= 0.3 is 0 Å². The Morgan fingerprint density at radius 2 is 2.40 bits per heavy atom. The quantitative estimate of drug-likeness (QED) is 0.845. The summed E-state index contributed by atoms with van der Waals surface area (Å²) in [7, 11) is 0. The highest BCUT2D eigenvalue weighted by Gasteiger charge is 2.33. The Morgan fingerprint density at radius 1 is 1.60 bits per heavy atom. The summed E-state index contributed by atoms with van der Waals surface area (Å²) in [5.74, 6) is 0.224. The van der Waals surface area contributed by atoms with Crippen LogP contribution in [0.5, 0.6) is 0 Å². The van der Waals surface area contributed by atoms with Gasteiger partial charge in [0.05, 0.1) is 11.9 Å². The molecule has 1 aliphatic heterocycles. The SMILES string of the molecule is Cc1cc2ncc(C#N)c(N3CC(CO)CC3=O)n2n1. The van der Waals surface area contributed by atoms with Crippen LogP contribution in [0.2, 0.25) is 0 Å². The van der Waals surface area contributed by atoms with Crippen molar-refractivity contribution in [1.82, 2.24) is 14.6 Å². The molecule has 0 bridgehead atoms. The van der Waals surface area contributed by atoms with Crippen molar-refractivity contribution in [1.29, 1.82) is 5.26 Å². The van der Waals surface area contributed by atoms with Crippen molar-refractivity contribution < 1.29 is 9.90 Å². The van der Waals surface area contributed by atoms with Crippen molar-refractivity contribution in [2.75, 3.05) is 18.1 Å². The zero-order valence-electron chi connectivity index (χ0n) is 10.9. The van der Waals surface area contributed by atoms with Crippen molar-refractivity contribution in [3.05, 3.63) is 23.5 Å². The molecule has 0 aliphatic carbocycles. The molecule has 7 nitrogen and oxygen atoms in total. The van der Waals surface area contributed by atoms with Gasteiger partial charge in [-0.05, 0) is 6.92 Å². The number of hydrogen-bond acceptors (Lipinski definition) is 5. The summed E-state index contributed by atoms with van der Waals surface area (Å²) >= 11 is 0. The predicted octanol–water partition coefficient (Wildman–Crippen LogP) is 0.255. The molecule has 3 heterocycles. The van der Waals surface area contributed by atoms with Gasteiger partial charge in [-0.25, -0.2) is 4.98 Å². The molecular weight excluding hydrogens is 258 g/mol. The van der Waals surface area contributed by atoms with Crippen molar-refractivity contribution in [2.45, 2.75) is 13.3 Å². The van der Waals surface area contributed by atoms with Crippen LogP contribution in [0, 0.1) is 24.2 Å². The lowest BCUT2D eigenvalue weighted by Gasteiger charge is -2.18. The van der Waals surface area contributed by atoms with E-state index < -0.39 is 0 Å². The summed E-state index contributed by atoms with van der Waals surface area (Å²) in [6.45, 7) is 2.17. The lowest BCUT2D eigenvalue weighted by Crippen LogP contribution is -2.28. The van der Waals surface area contributed by atoms with Gasteiger partial charge in [0.15, 0.2) is 11.5 Å². The van der Waals surface area contributed by atoms with Gasteiger partial charge in [-0.1, -0.05) is 0 Å². The number of aliphatic hydroxyl groups is 1. The van der Waals surface area contributed by atoms with E-state index in [4.69, 9.17) is 0 Å². The largest absolute Gasteiger partial charge is 0.396 e. The number of hydrogen-bond donors (Lipinski definition) is 1. The van der Waals surface area contributed by atoms with Crippen LogP contribution in [0.25, 0.3) is 5.65 Å². The van der Waals surface area contributed by atoms with Gasteiger partial charge in [0.25, 0.3) is 0 Å². The first-order chi connectivity index (χ1) is 9.63. The summed E-state index contributed by atoms with van der Waals surface area (Å²) in [5.41, 5.74) is 1.66. The lowest BCUT2D eigenvalue weighted by atomic mass is 10.1. The molecule has 1 aliphatic rings. The van der Waals surface area contributed by atoms with E-state index in [2.05, 4.69) is 10.1 Å². The van der Waals surface area contributed by atoms with Crippen LogP contribution in [0.3, 0.4) is 0 Å². The Bertz CT molecular complexity index is 730. The molecule has 1 fully saturated rings. The summed E-state index contributed by atoms with van der Waals surface area (Å²) in [6.07, 6.45) is 1.73. The average molecular weight is 271 g/mol. The van der Waals surface area contributed by atoms with Crippen molar-refractivity contribution in [3.63, 3.8) is 0 Å². The maximum atomic E-state index is 12.1. The molecule has 0 saturated carbocycles. The Morgan fingerprint density at radius 3 is 3.05 bits per heavy atom. The molecule has 2 aromatic heterocycles. The van der Waals surface area contributed by atoms with Crippen LogP contribution in [-0.4, -0.2) is 38.8 Å². The Kier molecular flexibility index (Phi) is 2.88. The maximum Gasteiger partial charge on any atom is 0.228 e. The molecule has 2 aromatic rings. The molecule has 0 radical (unpaired) electrons. The van der Waals surface area contributed by atoms with Gasteiger partial charge in [-0.2, -0.15) is 14.9 Å². The van der Waals surface area contributed by atoms with Gasteiger partial charge in [0.1, 0.15) is 11.6 Å². The lowest BCUT2D eigenvalue weighted by molar-refractivity contribution is -0.117. The van der Waals surface area contributed by atoms with Crippen LogP contribution in [0.4, 0.5) is 5.82 Å². The van der Waals surface area contributed by atoms with E-state index in [9.17, 15) is 15.2 Å². The fraction of sp³-hybridized carbons (Fsp3) is 0.385. The summed E-state index contributed by atoms with van der Waals surface area (Å²) in [6, 6.07) is 3.83. The fourth-order valence-electron chi connectivity index (χ4n) is 2.48. The van der Waals surface area contributed by atoms with Crippen molar-refractivity contribution >= 4 is 17.4 Å². The molecule has 0 spiro atoms. The molecule has 3 rings (SSSR count). The minimum Gasteiger partial charge on any atom is -0.396 e. The monoisotopic (exact) mass is 271 g/mol. The number of aromatic nitrogens is 3. The zero-order chi connectivity index (χ0) is 14.3. The average Bonchev–Trinajstić information content (AvgIpc) is 2.99. The van der Waals surface area contributed by atoms with E-state index >= 15 is 0 Å². The molecule has 7 heteroatoms. The Balaban J connectivity index is 2.19. The van der Waals surface area contributed by atoms with Gasteiger partial charge in [-0.15, -0.1) is 0 Å². The first-order valence-electron chi connectivity index (χ1n) is 6.30. The summed E-state index contributed by atoms with van der Waals surface area (Å²) in [5, 5.41) is 22.7. The zero-order valence-corrected chi connectivity index (χ0v) is 10.9. The Hall–Kier alpha value is -2.46. The van der Waals surface area contributed by atoms with Crippen molar-refractivity contribution in [3.8, 4) is 6.07 Å². The second kappa shape index (κ2) is 4.58. The van der Waals surface area contributed by atoms with E-state index in [1.807, 2.05) is 13.0 Å². The number of aryl methyl sites for hydroxylation is 1. The molecule has 1 N–H and O–H groups in total. The third-order valence-corrected chi connectivity index (χ3v) is 3.42. The number of anilines is 1. The molecule has 1 amide bonds. The van der Waals surface area contributed by atoms with E-state index in [0.717, 1.165) is 5.69 Å². The second-order valence-electron chi connectivity index (χ2n) is 4.92. The fourth-order valence-corrected chi connectivity index (χ4v) is 2.48. The normalized spacial score (nSPS) is 18.8. The highest BCUT2D eigenvalue weighted by molar-refractivity contribution is 5.96. The van der Waals surface area contributed by atoms with Crippen LogP contribution < -0.4 is 4.90 Å². The first kappa shape index (κ1) is 12.6. The number of carbonyl (C=O) groups is 1. The second-order valence-corrected chi connectivity index (χ2v) is 4.92. The third kappa shape index (κ3) is 1.82. The molecule has 0 aromatic carbocycles. The predicted molar refractivity (Wildman–Crippen MR) is 70.0 cm³/mol. The van der Waals surface area contributed by atoms with E-state index in [1.165, 1.54) is 15.6 Å². The van der Waals surface area contributed by atoms with Gasteiger partial charge in [0, 0.05) is 31.6 Å². The third-order valence-electron chi connectivity index (χ3n) is 3.42. The highest BCUT2D eigenvalue weighted by atomic mass is 16.3. The minimum atomic E-state index is -0.110. The number of fused-ring (bicyclic) bond motifs is 1. The van der Waals surface area contributed by atoms with E-state index in [0.29, 0.717) is 23.6 Å². The summed E-state index contributed by atoms with van der Waals surface area (Å²) in [4.78, 5) is 17.8. The first-order valence-corrected chi connectivity index (χ1v) is 6.30. The topological polar surface area (TPSA) is 94.5 Å². The number of nitrogens with zero attached hydrogens (tertiary/aromatic N) is 5. The minimum absolute atomic E-state index is 0.0452. The number of rotatable bonds is 2. The molecule has 1 saturated heterocycles. The van der Waals surface area contributed by atoms with Crippen LogP contribution in [0.15, 0.2) is 12.3 Å². The molecular formula is C13H13N5O2.